The Morgan fingerprint density at radius 2 is 1.83 bits per heavy atom. The Kier molecular flexibility index (Phi) is 5.14. The Labute approximate surface area is 111 Å². The summed E-state index contributed by atoms with van der Waals surface area (Å²) in [6.45, 7) is 10.1. The molecular formula is C13H29N3O2. The van der Waals surface area contributed by atoms with Gasteiger partial charge in [0.2, 0.25) is 0 Å². The van der Waals surface area contributed by atoms with Crippen LogP contribution in [0.15, 0.2) is 0 Å². The molecule has 5 nitrogen and oxygen atoms in total. The van der Waals surface area contributed by atoms with Gasteiger partial charge in [-0.1, -0.05) is 0 Å². The van der Waals surface area contributed by atoms with E-state index < -0.39 is 0 Å². The second-order valence-electron chi connectivity index (χ2n) is 6.02. The van der Waals surface area contributed by atoms with Crippen LogP contribution in [-0.4, -0.2) is 74.6 Å². The zero-order valence-corrected chi connectivity index (χ0v) is 12.7. The summed E-state index contributed by atoms with van der Waals surface area (Å²) in [5.74, 6) is 0. The standard InChI is InChI=1S/C13H29N3O2/c1-12(2)10-16(8-7-15(12)4)13(3,9-14)11(17-5)18-6/h11H,7-10,14H2,1-6H3. The number of rotatable bonds is 5. The van der Waals surface area contributed by atoms with Crippen LogP contribution in [-0.2, 0) is 9.47 Å². The van der Waals surface area contributed by atoms with Gasteiger partial charge in [0.25, 0.3) is 0 Å². The lowest BCUT2D eigenvalue weighted by Gasteiger charge is -2.53. The van der Waals surface area contributed by atoms with Crippen molar-refractivity contribution in [3.05, 3.63) is 0 Å². The van der Waals surface area contributed by atoms with Gasteiger partial charge in [-0.25, -0.2) is 0 Å². The molecule has 0 radical (unpaired) electrons. The van der Waals surface area contributed by atoms with E-state index in [1.807, 2.05) is 0 Å². The molecule has 0 aromatic rings. The molecule has 1 saturated heterocycles. The highest BCUT2D eigenvalue weighted by molar-refractivity contribution is 4.98. The van der Waals surface area contributed by atoms with Crippen LogP contribution in [0.4, 0.5) is 0 Å². The fourth-order valence-electron chi connectivity index (χ4n) is 2.65. The number of hydrogen-bond donors (Lipinski definition) is 1. The van der Waals surface area contributed by atoms with Crippen molar-refractivity contribution in [3.63, 3.8) is 0 Å². The van der Waals surface area contributed by atoms with Gasteiger partial charge >= 0.3 is 0 Å². The lowest BCUT2D eigenvalue weighted by molar-refractivity contribution is -0.191. The van der Waals surface area contributed by atoms with Gasteiger partial charge in [0, 0.05) is 45.9 Å². The number of methoxy groups -OCH3 is 2. The Hall–Kier alpha value is -0.200. The number of hydrogen-bond acceptors (Lipinski definition) is 5. The predicted octanol–water partition coefficient (Wildman–Crippen LogP) is 0.349. The van der Waals surface area contributed by atoms with E-state index in [9.17, 15) is 0 Å². The highest BCUT2D eigenvalue weighted by Gasteiger charge is 2.44. The van der Waals surface area contributed by atoms with Crippen LogP contribution in [0, 0.1) is 0 Å². The molecule has 0 aromatic carbocycles. The van der Waals surface area contributed by atoms with Gasteiger partial charge in [0.05, 0.1) is 5.54 Å². The topological polar surface area (TPSA) is 51.0 Å². The molecule has 0 aliphatic carbocycles. The molecule has 1 atom stereocenters. The Bertz CT molecular complexity index is 269. The van der Waals surface area contributed by atoms with Crippen LogP contribution in [0.25, 0.3) is 0 Å². The maximum atomic E-state index is 6.00. The summed E-state index contributed by atoms with van der Waals surface area (Å²) in [5.41, 5.74) is 5.85. The van der Waals surface area contributed by atoms with E-state index in [0.29, 0.717) is 6.54 Å². The van der Waals surface area contributed by atoms with Crippen molar-refractivity contribution in [2.24, 2.45) is 5.73 Å². The average molecular weight is 259 g/mol. The fraction of sp³-hybridized carbons (Fsp3) is 1.00. The second kappa shape index (κ2) is 5.84. The first-order valence-corrected chi connectivity index (χ1v) is 6.54. The molecule has 0 bridgehead atoms. The quantitative estimate of drug-likeness (QED) is 0.722. The van der Waals surface area contributed by atoms with Crippen LogP contribution in [0.1, 0.15) is 20.8 Å². The van der Waals surface area contributed by atoms with Gasteiger partial charge in [-0.05, 0) is 27.8 Å². The molecule has 5 heteroatoms. The summed E-state index contributed by atoms with van der Waals surface area (Å²) in [6.07, 6.45) is -0.304. The molecule has 1 aliphatic rings. The second-order valence-corrected chi connectivity index (χ2v) is 6.02. The van der Waals surface area contributed by atoms with Crippen molar-refractivity contribution >= 4 is 0 Å². The Morgan fingerprint density at radius 1 is 1.28 bits per heavy atom. The van der Waals surface area contributed by atoms with Crippen LogP contribution in [0.2, 0.25) is 0 Å². The van der Waals surface area contributed by atoms with Crippen LogP contribution < -0.4 is 5.73 Å². The monoisotopic (exact) mass is 259 g/mol. The van der Waals surface area contributed by atoms with Gasteiger partial charge in [-0.15, -0.1) is 0 Å². The van der Waals surface area contributed by atoms with Crippen LogP contribution >= 0.6 is 0 Å². The molecule has 18 heavy (non-hydrogen) atoms. The lowest BCUT2D eigenvalue weighted by Crippen LogP contribution is -2.68. The molecule has 1 unspecified atom stereocenters. The first-order chi connectivity index (χ1) is 8.31. The number of ether oxygens (including phenoxy) is 2. The summed E-state index contributed by atoms with van der Waals surface area (Å²) in [5, 5.41) is 0. The maximum absolute atomic E-state index is 6.00. The average Bonchev–Trinajstić information content (AvgIpc) is 2.33. The van der Waals surface area contributed by atoms with Gasteiger partial charge in [0.1, 0.15) is 0 Å². The van der Waals surface area contributed by atoms with Crippen LogP contribution in [0.5, 0.6) is 0 Å². The highest BCUT2D eigenvalue weighted by Crippen LogP contribution is 2.28. The van der Waals surface area contributed by atoms with Gasteiger partial charge in [0.15, 0.2) is 6.29 Å². The van der Waals surface area contributed by atoms with Gasteiger partial charge in [-0.2, -0.15) is 0 Å². The molecule has 0 amide bonds. The van der Waals surface area contributed by atoms with Crippen molar-refractivity contribution in [3.8, 4) is 0 Å². The first-order valence-electron chi connectivity index (χ1n) is 6.54. The van der Waals surface area contributed by atoms with Crippen molar-refractivity contribution in [2.75, 3.05) is 47.4 Å². The summed E-state index contributed by atoms with van der Waals surface area (Å²) < 4.78 is 10.9. The first kappa shape index (κ1) is 15.9. The summed E-state index contributed by atoms with van der Waals surface area (Å²) in [7, 11) is 5.51. The predicted molar refractivity (Wildman–Crippen MR) is 73.5 cm³/mol. The lowest BCUT2D eigenvalue weighted by atomic mass is 9.92. The molecule has 0 saturated carbocycles. The molecule has 0 spiro atoms. The normalized spacial score (nSPS) is 25.3. The summed E-state index contributed by atoms with van der Waals surface area (Å²) >= 11 is 0. The molecule has 108 valence electrons. The Morgan fingerprint density at radius 3 is 2.22 bits per heavy atom. The molecule has 2 N–H and O–H groups in total. The fourth-order valence-corrected chi connectivity index (χ4v) is 2.65. The summed E-state index contributed by atoms with van der Waals surface area (Å²) in [6, 6.07) is 0. The SMILES string of the molecule is COC(OC)C(C)(CN)N1CCN(C)C(C)(C)C1. The zero-order chi connectivity index (χ0) is 14.0. The van der Waals surface area contributed by atoms with Gasteiger partial charge in [-0.3, -0.25) is 9.80 Å². The van der Waals surface area contributed by atoms with Crippen molar-refractivity contribution < 1.29 is 9.47 Å². The molecule has 1 rings (SSSR count). The van der Waals surface area contributed by atoms with Crippen LogP contribution in [0.3, 0.4) is 0 Å². The van der Waals surface area contributed by atoms with Crippen molar-refractivity contribution in [1.82, 2.24) is 9.80 Å². The van der Waals surface area contributed by atoms with E-state index in [-0.39, 0.29) is 17.4 Å². The third-order valence-corrected chi connectivity index (χ3v) is 4.39. The van der Waals surface area contributed by atoms with E-state index in [1.165, 1.54) is 0 Å². The minimum Gasteiger partial charge on any atom is -0.354 e. The van der Waals surface area contributed by atoms with Crippen molar-refractivity contribution in [1.29, 1.82) is 0 Å². The smallest absolute Gasteiger partial charge is 0.176 e. The third kappa shape index (κ3) is 2.86. The van der Waals surface area contributed by atoms with E-state index in [0.717, 1.165) is 19.6 Å². The van der Waals surface area contributed by atoms with E-state index in [4.69, 9.17) is 15.2 Å². The molecule has 1 aliphatic heterocycles. The molecule has 1 fully saturated rings. The summed E-state index contributed by atoms with van der Waals surface area (Å²) in [4.78, 5) is 4.78. The molecule has 0 aromatic heterocycles. The highest BCUT2D eigenvalue weighted by atomic mass is 16.7. The minimum atomic E-state index is -0.304. The zero-order valence-electron chi connectivity index (χ0n) is 12.7. The molecular weight excluding hydrogens is 230 g/mol. The molecule has 1 heterocycles. The van der Waals surface area contributed by atoms with Crippen molar-refractivity contribution in [2.45, 2.75) is 38.1 Å². The Balaban J connectivity index is 2.89. The number of nitrogens with zero attached hydrogens (tertiary/aromatic N) is 2. The minimum absolute atomic E-state index is 0.140. The van der Waals surface area contributed by atoms with E-state index in [1.54, 1.807) is 14.2 Å². The van der Waals surface area contributed by atoms with Gasteiger partial charge < -0.3 is 15.2 Å². The number of nitrogens with two attached hydrogens (primary N) is 1. The third-order valence-electron chi connectivity index (χ3n) is 4.39. The van der Waals surface area contributed by atoms with E-state index in [2.05, 4.69) is 37.6 Å². The van der Waals surface area contributed by atoms with E-state index >= 15 is 0 Å². The largest absolute Gasteiger partial charge is 0.354 e. The maximum Gasteiger partial charge on any atom is 0.176 e. The number of likely N-dealkylation sites (N-methyl/N-ethyl adjacent to an activating group) is 1. The number of piperazine rings is 1.